The molecule has 1 aliphatic carbocycles. The molecule has 1 saturated carbocycles. The van der Waals surface area contributed by atoms with Crippen LogP contribution < -0.4 is 4.74 Å². The summed E-state index contributed by atoms with van der Waals surface area (Å²) < 4.78 is 31.1. The fourth-order valence-electron chi connectivity index (χ4n) is 2.99. The van der Waals surface area contributed by atoms with Crippen LogP contribution in [-0.4, -0.2) is 82.3 Å². The van der Waals surface area contributed by atoms with Gasteiger partial charge in [0.15, 0.2) is 0 Å². The number of sulfonamides is 1. The summed E-state index contributed by atoms with van der Waals surface area (Å²) in [6.07, 6.45) is 1.47. The van der Waals surface area contributed by atoms with Gasteiger partial charge in [-0.15, -0.1) is 15.0 Å². The molecule has 4 rings (SSSR count). The molecule has 0 atom stereocenters. The van der Waals surface area contributed by atoms with Crippen LogP contribution in [-0.2, 0) is 10.0 Å². The summed E-state index contributed by atoms with van der Waals surface area (Å²) in [6, 6.07) is 7.05. The molecule has 0 unspecified atom stereocenters. The van der Waals surface area contributed by atoms with E-state index in [4.69, 9.17) is 4.74 Å². The van der Waals surface area contributed by atoms with Crippen LogP contribution in [0.2, 0.25) is 0 Å². The van der Waals surface area contributed by atoms with Crippen molar-refractivity contribution < 1.29 is 17.9 Å². The minimum absolute atomic E-state index is 0.00989. The van der Waals surface area contributed by atoms with E-state index in [-0.39, 0.29) is 17.0 Å². The zero-order chi connectivity index (χ0) is 19.0. The Morgan fingerprint density at radius 2 is 1.78 bits per heavy atom. The first kappa shape index (κ1) is 17.9. The summed E-state index contributed by atoms with van der Waals surface area (Å²) in [5.41, 5.74) is 0.655. The van der Waals surface area contributed by atoms with Crippen LogP contribution in [0.15, 0.2) is 24.3 Å². The van der Waals surface area contributed by atoms with Crippen molar-refractivity contribution in [1.82, 2.24) is 29.4 Å². The standard InChI is InChI=1S/C16H20N6O4S/c1-26-13-4-2-12(3-5-13)22-18-15(17-19-22)16(23)20-8-10-21(11-9-20)27(24,25)14-6-7-14/h2-5,14H,6-11H2,1H3. The maximum absolute atomic E-state index is 12.6. The molecule has 0 spiro atoms. The van der Waals surface area contributed by atoms with Gasteiger partial charge in [0, 0.05) is 26.2 Å². The molecule has 1 aromatic heterocycles. The Bertz CT molecular complexity index is 930. The minimum atomic E-state index is -3.20. The number of carbonyl (C=O) groups excluding carboxylic acids is 1. The monoisotopic (exact) mass is 392 g/mol. The Kier molecular flexibility index (Phi) is 4.56. The van der Waals surface area contributed by atoms with Crippen molar-refractivity contribution in [2.45, 2.75) is 18.1 Å². The summed E-state index contributed by atoms with van der Waals surface area (Å²) in [4.78, 5) is 15.4. The van der Waals surface area contributed by atoms with E-state index in [1.807, 2.05) is 0 Å². The molecule has 2 heterocycles. The summed E-state index contributed by atoms with van der Waals surface area (Å²) >= 11 is 0. The van der Waals surface area contributed by atoms with Crippen LogP contribution in [0.5, 0.6) is 5.75 Å². The molecule has 0 N–H and O–H groups in total. The zero-order valence-corrected chi connectivity index (χ0v) is 15.7. The first-order chi connectivity index (χ1) is 13.0. The van der Waals surface area contributed by atoms with Crippen LogP contribution in [0.3, 0.4) is 0 Å². The first-order valence-corrected chi connectivity index (χ1v) is 10.2. The van der Waals surface area contributed by atoms with Crippen molar-refractivity contribution in [1.29, 1.82) is 0 Å². The summed E-state index contributed by atoms with van der Waals surface area (Å²) in [5.74, 6) is 0.344. The second-order valence-corrected chi connectivity index (χ2v) is 8.75. The van der Waals surface area contributed by atoms with E-state index in [0.29, 0.717) is 37.6 Å². The largest absolute Gasteiger partial charge is 0.497 e. The number of tetrazole rings is 1. The smallest absolute Gasteiger partial charge is 0.295 e. The van der Waals surface area contributed by atoms with E-state index >= 15 is 0 Å². The van der Waals surface area contributed by atoms with E-state index in [1.54, 1.807) is 36.3 Å². The van der Waals surface area contributed by atoms with Crippen molar-refractivity contribution in [3.05, 3.63) is 30.1 Å². The number of piperazine rings is 1. The lowest BCUT2D eigenvalue weighted by molar-refractivity contribution is 0.0685. The molecule has 1 amide bonds. The van der Waals surface area contributed by atoms with Gasteiger partial charge in [0.1, 0.15) is 5.75 Å². The highest BCUT2D eigenvalue weighted by atomic mass is 32.2. The Morgan fingerprint density at radius 3 is 2.37 bits per heavy atom. The van der Waals surface area contributed by atoms with Gasteiger partial charge in [-0.25, -0.2) is 8.42 Å². The Labute approximate surface area is 156 Å². The Hall–Kier alpha value is -2.53. The van der Waals surface area contributed by atoms with E-state index < -0.39 is 10.0 Å². The van der Waals surface area contributed by atoms with Crippen LogP contribution in [0.25, 0.3) is 5.69 Å². The van der Waals surface area contributed by atoms with Crippen molar-refractivity contribution in [3.8, 4) is 11.4 Å². The average Bonchev–Trinajstić information content (AvgIpc) is 3.46. The van der Waals surface area contributed by atoms with Gasteiger partial charge in [-0.1, -0.05) is 0 Å². The normalized spacial score (nSPS) is 18.5. The summed E-state index contributed by atoms with van der Waals surface area (Å²) in [5, 5.41) is 11.7. The number of nitrogens with zero attached hydrogens (tertiary/aromatic N) is 6. The molecule has 10 nitrogen and oxygen atoms in total. The van der Waals surface area contributed by atoms with Gasteiger partial charge in [-0.05, 0) is 42.3 Å². The molecule has 0 radical (unpaired) electrons. The average molecular weight is 392 g/mol. The molecular weight excluding hydrogens is 372 g/mol. The fraction of sp³-hybridized carbons (Fsp3) is 0.500. The van der Waals surface area contributed by atoms with E-state index in [9.17, 15) is 13.2 Å². The highest BCUT2D eigenvalue weighted by Gasteiger charge is 2.41. The molecule has 2 fully saturated rings. The molecule has 2 aromatic rings. The third-order valence-electron chi connectivity index (χ3n) is 4.74. The van der Waals surface area contributed by atoms with Gasteiger partial charge < -0.3 is 9.64 Å². The third kappa shape index (κ3) is 3.52. The minimum Gasteiger partial charge on any atom is -0.497 e. The second-order valence-electron chi connectivity index (χ2n) is 6.54. The molecule has 144 valence electrons. The molecule has 0 bridgehead atoms. The Balaban J connectivity index is 1.41. The SMILES string of the molecule is COc1ccc(-n2nnc(C(=O)N3CCN(S(=O)(=O)C4CC4)CC3)n2)cc1. The van der Waals surface area contributed by atoms with Gasteiger partial charge in [0.05, 0.1) is 18.0 Å². The molecule has 2 aliphatic rings. The van der Waals surface area contributed by atoms with E-state index in [0.717, 1.165) is 12.8 Å². The highest BCUT2D eigenvalue weighted by Crippen LogP contribution is 2.31. The first-order valence-electron chi connectivity index (χ1n) is 8.72. The predicted molar refractivity (Wildman–Crippen MR) is 95.1 cm³/mol. The van der Waals surface area contributed by atoms with Gasteiger partial charge >= 0.3 is 0 Å². The van der Waals surface area contributed by atoms with Gasteiger partial charge in [0.25, 0.3) is 11.7 Å². The third-order valence-corrected chi connectivity index (χ3v) is 7.14. The molecule has 27 heavy (non-hydrogen) atoms. The maximum Gasteiger partial charge on any atom is 0.295 e. The van der Waals surface area contributed by atoms with Crippen LogP contribution in [0.1, 0.15) is 23.5 Å². The van der Waals surface area contributed by atoms with E-state index in [1.165, 1.54) is 9.10 Å². The van der Waals surface area contributed by atoms with Crippen molar-refractivity contribution >= 4 is 15.9 Å². The lowest BCUT2D eigenvalue weighted by atomic mass is 10.3. The van der Waals surface area contributed by atoms with Crippen LogP contribution in [0, 0.1) is 0 Å². The number of methoxy groups -OCH3 is 1. The molecule has 1 aliphatic heterocycles. The lowest BCUT2D eigenvalue weighted by Crippen LogP contribution is -2.51. The van der Waals surface area contributed by atoms with Crippen molar-refractivity contribution in [2.24, 2.45) is 0 Å². The van der Waals surface area contributed by atoms with Gasteiger partial charge in [-0.3, -0.25) is 4.79 Å². The number of hydrogen-bond acceptors (Lipinski definition) is 7. The van der Waals surface area contributed by atoms with E-state index in [2.05, 4.69) is 15.4 Å². The van der Waals surface area contributed by atoms with Gasteiger partial charge in [-0.2, -0.15) is 4.31 Å². The maximum atomic E-state index is 12.6. The lowest BCUT2D eigenvalue weighted by Gasteiger charge is -2.33. The number of amides is 1. The van der Waals surface area contributed by atoms with Crippen molar-refractivity contribution in [2.75, 3.05) is 33.3 Å². The number of hydrogen-bond donors (Lipinski definition) is 0. The number of benzene rings is 1. The molecule has 1 saturated heterocycles. The highest BCUT2D eigenvalue weighted by molar-refractivity contribution is 7.90. The quantitative estimate of drug-likeness (QED) is 0.700. The molecule has 11 heteroatoms. The van der Waals surface area contributed by atoms with Gasteiger partial charge in [0.2, 0.25) is 10.0 Å². The fourth-order valence-corrected chi connectivity index (χ4v) is 4.81. The number of carbonyl (C=O) groups is 1. The second kappa shape index (κ2) is 6.89. The summed E-state index contributed by atoms with van der Waals surface area (Å²) in [7, 11) is -1.62. The number of rotatable bonds is 5. The summed E-state index contributed by atoms with van der Waals surface area (Å²) in [6.45, 7) is 1.25. The van der Waals surface area contributed by atoms with Crippen molar-refractivity contribution in [3.63, 3.8) is 0 Å². The number of ether oxygens (including phenoxy) is 1. The molecule has 1 aromatic carbocycles. The van der Waals surface area contributed by atoms with Crippen LogP contribution >= 0.6 is 0 Å². The molecular formula is C16H20N6O4S. The zero-order valence-electron chi connectivity index (χ0n) is 14.9. The predicted octanol–water partition coefficient (Wildman–Crippen LogP) is -0.0791. The topological polar surface area (TPSA) is 111 Å². The Morgan fingerprint density at radius 1 is 1.11 bits per heavy atom. The number of aromatic nitrogens is 4. The van der Waals surface area contributed by atoms with Crippen LogP contribution in [0.4, 0.5) is 0 Å².